The maximum Gasteiger partial charge on any atom is 0.251 e. The molecule has 5 N–H and O–H groups in total. The van der Waals surface area contributed by atoms with Crippen LogP contribution in [-0.4, -0.2) is 48.4 Å². The summed E-state index contributed by atoms with van der Waals surface area (Å²) in [6.45, 7) is 13.1. The van der Waals surface area contributed by atoms with Gasteiger partial charge in [-0.25, -0.2) is 0 Å². The zero-order valence-corrected chi connectivity index (χ0v) is 28.2. The number of amides is 1. The standard InChI is InChI=1S/C34H47ClN2O5Si/c1-33(2,37-21-28(19-34(3,4)43(6,7)41)24-11-14-31(39)27(16-24)22-38)18-23-9-8-10-25(15-23)32(40)36-20-26-17-29(42-5)12-13-30(26)35/h8-17,28,37-39,41H,18-22H2,1-7H3,(H,36,40)/t28-/m0/s1. The number of aromatic hydroxyl groups is 1. The van der Waals surface area contributed by atoms with Gasteiger partial charge in [0.1, 0.15) is 11.5 Å². The first-order chi connectivity index (χ1) is 20.0. The van der Waals surface area contributed by atoms with Crippen LogP contribution in [0.25, 0.3) is 0 Å². The molecule has 0 heterocycles. The molecule has 0 aliphatic rings. The molecular weight excluding hydrogens is 580 g/mol. The molecule has 0 unspecified atom stereocenters. The van der Waals surface area contributed by atoms with E-state index in [9.17, 15) is 19.8 Å². The van der Waals surface area contributed by atoms with Crippen molar-refractivity contribution in [1.82, 2.24) is 10.6 Å². The number of hydrogen-bond donors (Lipinski definition) is 5. The van der Waals surface area contributed by atoms with Crippen LogP contribution in [0, 0.1) is 0 Å². The predicted octanol–water partition coefficient (Wildman–Crippen LogP) is 6.54. The van der Waals surface area contributed by atoms with Gasteiger partial charge in [-0.2, -0.15) is 0 Å². The van der Waals surface area contributed by atoms with Crippen molar-refractivity contribution in [3.8, 4) is 11.5 Å². The van der Waals surface area contributed by atoms with Crippen LogP contribution < -0.4 is 15.4 Å². The average Bonchev–Trinajstić information content (AvgIpc) is 2.94. The number of rotatable bonds is 14. The number of aliphatic hydroxyl groups is 1. The number of hydrogen-bond acceptors (Lipinski definition) is 6. The van der Waals surface area contributed by atoms with E-state index in [4.69, 9.17) is 16.3 Å². The number of phenols is 1. The van der Waals surface area contributed by atoms with Crippen LogP contribution in [0.2, 0.25) is 23.2 Å². The average molecular weight is 627 g/mol. The second-order valence-electron chi connectivity index (χ2n) is 13.2. The normalized spacial score (nSPS) is 13.1. The van der Waals surface area contributed by atoms with E-state index in [-0.39, 0.29) is 41.3 Å². The predicted molar refractivity (Wildman–Crippen MR) is 177 cm³/mol. The Morgan fingerprint density at radius 1 is 1.02 bits per heavy atom. The molecule has 0 aromatic heterocycles. The van der Waals surface area contributed by atoms with Gasteiger partial charge in [0.2, 0.25) is 0 Å². The van der Waals surface area contributed by atoms with Crippen LogP contribution in [0.3, 0.4) is 0 Å². The van der Waals surface area contributed by atoms with Gasteiger partial charge < -0.3 is 30.4 Å². The second kappa shape index (κ2) is 14.3. The highest BCUT2D eigenvalue weighted by Gasteiger charge is 2.40. The summed E-state index contributed by atoms with van der Waals surface area (Å²) in [5.41, 5.74) is 3.56. The first-order valence-electron chi connectivity index (χ1n) is 14.6. The highest BCUT2D eigenvalue weighted by atomic mass is 35.5. The molecule has 0 fully saturated rings. The third kappa shape index (κ3) is 9.55. The van der Waals surface area contributed by atoms with Gasteiger partial charge in [-0.15, -0.1) is 0 Å². The molecule has 1 atom stereocenters. The number of carbonyl (C=O) groups excluding carboxylic acids is 1. The van der Waals surface area contributed by atoms with Crippen LogP contribution in [0.15, 0.2) is 60.7 Å². The van der Waals surface area contributed by atoms with Crippen LogP contribution in [0.5, 0.6) is 11.5 Å². The maximum atomic E-state index is 13.0. The lowest BCUT2D eigenvalue weighted by Gasteiger charge is -2.39. The lowest BCUT2D eigenvalue weighted by Crippen LogP contribution is -2.45. The first kappa shape index (κ1) is 34.6. The Morgan fingerprint density at radius 3 is 2.40 bits per heavy atom. The lowest BCUT2D eigenvalue weighted by molar-refractivity contribution is 0.0950. The number of ether oxygens (including phenoxy) is 1. The van der Waals surface area contributed by atoms with Crippen molar-refractivity contribution in [2.75, 3.05) is 13.7 Å². The molecule has 9 heteroatoms. The summed E-state index contributed by atoms with van der Waals surface area (Å²) in [7, 11) is -0.892. The Balaban J connectivity index is 1.72. The number of aliphatic hydroxyl groups excluding tert-OH is 1. The maximum absolute atomic E-state index is 13.0. The van der Waals surface area contributed by atoms with Gasteiger partial charge in [-0.1, -0.05) is 43.6 Å². The highest BCUT2D eigenvalue weighted by molar-refractivity contribution is 6.72. The molecule has 0 aliphatic carbocycles. The van der Waals surface area contributed by atoms with Gasteiger partial charge in [0, 0.05) is 34.8 Å². The number of carbonyl (C=O) groups is 1. The Kier molecular flexibility index (Phi) is 11.5. The molecule has 43 heavy (non-hydrogen) atoms. The Morgan fingerprint density at radius 2 is 1.74 bits per heavy atom. The molecule has 0 spiro atoms. The Hall–Kier alpha value is -2.88. The Labute approximate surface area is 262 Å². The summed E-state index contributed by atoms with van der Waals surface area (Å²) in [6.07, 6.45) is 1.43. The topological polar surface area (TPSA) is 111 Å². The molecule has 0 saturated carbocycles. The molecule has 0 bridgehead atoms. The van der Waals surface area contributed by atoms with E-state index < -0.39 is 8.32 Å². The van der Waals surface area contributed by atoms with E-state index in [0.717, 1.165) is 23.1 Å². The fraction of sp³-hybridized carbons (Fsp3) is 0.441. The van der Waals surface area contributed by atoms with Gasteiger partial charge in [0.15, 0.2) is 8.32 Å². The molecule has 3 aromatic carbocycles. The largest absolute Gasteiger partial charge is 0.508 e. The summed E-state index contributed by atoms with van der Waals surface area (Å²) in [4.78, 5) is 24.0. The van der Waals surface area contributed by atoms with Crippen molar-refractivity contribution < 1.29 is 24.5 Å². The van der Waals surface area contributed by atoms with E-state index >= 15 is 0 Å². The van der Waals surface area contributed by atoms with E-state index in [1.807, 2.05) is 49.5 Å². The first-order valence-corrected chi connectivity index (χ1v) is 18.0. The third-order valence-corrected chi connectivity index (χ3v) is 12.4. The van der Waals surface area contributed by atoms with Crippen molar-refractivity contribution in [3.05, 3.63) is 93.5 Å². The minimum atomic E-state index is -2.48. The fourth-order valence-electron chi connectivity index (χ4n) is 5.05. The van der Waals surface area contributed by atoms with Crippen molar-refractivity contribution in [2.24, 2.45) is 0 Å². The van der Waals surface area contributed by atoms with Crippen LogP contribution >= 0.6 is 11.6 Å². The number of nitrogens with one attached hydrogen (secondary N) is 2. The van der Waals surface area contributed by atoms with Crippen LogP contribution in [-0.2, 0) is 19.6 Å². The van der Waals surface area contributed by atoms with Crippen molar-refractivity contribution in [1.29, 1.82) is 0 Å². The van der Waals surface area contributed by atoms with E-state index in [0.29, 0.717) is 34.9 Å². The highest BCUT2D eigenvalue weighted by Crippen LogP contribution is 2.44. The van der Waals surface area contributed by atoms with Gasteiger partial charge in [0.25, 0.3) is 5.91 Å². The molecule has 3 aromatic rings. The molecule has 0 radical (unpaired) electrons. The van der Waals surface area contributed by atoms with Gasteiger partial charge in [-0.3, -0.25) is 4.79 Å². The van der Waals surface area contributed by atoms with Gasteiger partial charge in [-0.05, 0) is 110 Å². The van der Waals surface area contributed by atoms with E-state index in [1.54, 1.807) is 31.4 Å². The van der Waals surface area contributed by atoms with Gasteiger partial charge in [0.05, 0.1) is 13.7 Å². The van der Waals surface area contributed by atoms with Crippen LogP contribution in [0.4, 0.5) is 0 Å². The third-order valence-electron chi connectivity index (χ3n) is 8.51. The van der Waals surface area contributed by atoms with E-state index in [2.05, 4.69) is 38.3 Å². The van der Waals surface area contributed by atoms with E-state index in [1.165, 1.54) is 0 Å². The fourth-order valence-corrected chi connectivity index (χ4v) is 5.98. The summed E-state index contributed by atoms with van der Waals surface area (Å²) in [5.74, 6) is 0.610. The molecular formula is C34H47ClN2O5Si. The minimum absolute atomic E-state index is 0.0413. The zero-order valence-electron chi connectivity index (χ0n) is 26.4. The molecule has 0 aliphatic heterocycles. The summed E-state index contributed by atoms with van der Waals surface area (Å²) in [6, 6.07) is 18.4. The number of halogens is 1. The van der Waals surface area contributed by atoms with Crippen molar-refractivity contribution in [2.45, 2.75) is 83.3 Å². The molecule has 3 rings (SSSR count). The monoisotopic (exact) mass is 626 g/mol. The summed E-state index contributed by atoms with van der Waals surface area (Å²) >= 11 is 6.30. The molecule has 234 valence electrons. The quantitative estimate of drug-likeness (QED) is 0.130. The van der Waals surface area contributed by atoms with Crippen LogP contribution in [0.1, 0.15) is 72.6 Å². The Bertz CT molecular complexity index is 1400. The SMILES string of the molecule is COc1ccc(Cl)c(CNC(=O)c2cccc(CC(C)(C)NC[C@H](CC(C)(C)[Si](C)(C)O)c3ccc(O)c(CO)c3)c2)c1. The molecule has 1 amide bonds. The smallest absolute Gasteiger partial charge is 0.251 e. The zero-order chi connectivity index (χ0) is 32.0. The lowest BCUT2D eigenvalue weighted by atomic mass is 9.87. The number of benzene rings is 3. The van der Waals surface area contributed by atoms with Gasteiger partial charge >= 0.3 is 0 Å². The summed E-state index contributed by atoms with van der Waals surface area (Å²) < 4.78 is 5.27. The van der Waals surface area contributed by atoms with Crippen molar-refractivity contribution >= 4 is 25.8 Å². The molecule has 7 nitrogen and oxygen atoms in total. The van der Waals surface area contributed by atoms with Crippen molar-refractivity contribution in [3.63, 3.8) is 0 Å². The second-order valence-corrected chi connectivity index (χ2v) is 18.1. The number of methoxy groups -OCH3 is 1. The minimum Gasteiger partial charge on any atom is -0.508 e. The summed E-state index contributed by atoms with van der Waals surface area (Å²) in [5, 5.41) is 26.9. The molecule has 0 saturated heterocycles.